The third-order valence-corrected chi connectivity index (χ3v) is 6.07. The third kappa shape index (κ3) is 3.13. The Morgan fingerprint density at radius 3 is 2.86 bits per heavy atom. The van der Waals surface area contributed by atoms with E-state index in [0.29, 0.717) is 24.3 Å². The fourth-order valence-electron chi connectivity index (χ4n) is 4.60. The first-order valence-electron chi connectivity index (χ1n) is 9.83. The topological polar surface area (TPSA) is 73.3 Å². The number of ether oxygens (including phenoxy) is 2. The van der Waals surface area contributed by atoms with Crippen LogP contribution in [0.2, 0.25) is 0 Å². The van der Waals surface area contributed by atoms with Crippen LogP contribution < -0.4 is 14.8 Å². The maximum absolute atomic E-state index is 12.5. The summed E-state index contributed by atoms with van der Waals surface area (Å²) in [6, 6.07) is 9.74. The molecule has 0 radical (unpaired) electrons. The van der Waals surface area contributed by atoms with Gasteiger partial charge >= 0.3 is 0 Å². The Kier molecular flexibility index (Phi) is 4.26. The second-order valence-corrected chi connectivity index (χ2v) is 7.86. The second-order valence-electron chi connectivity index (χ2n) is 7.86. The Hall–Kier alpha value is -2.89. The van der Waals surface area contributed by atoms with Crippen molar-refractivity contribution in [1.82, 2.24) is 15.5 Å². The minimum Gasteiger partial charge on any atom is -0.488 e. The molecule has 144 valence electrons. The van der Waals surface area contributed by atoms with Crippen LogP contribution in [0.25, 0.3) is 11.3 Å². The minimum absolute atomic E-state index is 0.0229. The Morgan fingerprint density at radius 2 is 2.14 bits per heavy atom. The molecule has 6 nitrogen and oxygen atoms in total. The fourth-order valence-corrected chi connectivity index (χ4v) is 4.60. The number of amides is 1. The minimum atomic E-state index is -0.0229. The number of nitrogens with zero attached hydrogens (tertiary/aromatic N) is 2. The second kappa shape index (κ2) is 6.93. The van der Waals surface area contributed by atoms with Crippen molar-refractivity contribution in [3.05, 3.63) is 48.0 Å². The van der Waals surface area contributed by atoms with Crippen LogP contribution in [0, 0.1) is 17.8 Å². The van der Waals surface area contributed by atoms with Crippen LogP contribution in [0.5, 0.6) is 11.6 Å². The molecule has 5 rings (SSSR count). The number of hydrogen-bond donors (Lipinski definition) is 1. The zero-order valence-electron chi connectivity index (χ0n) is 15.8. The van der Waals surface area contributed by atoms with Crippen molar-refractivity contribution >= 4 is 5.91 Å². The van der Waals surface area contributed by atoms with Crippen LogP contribution >= 0.6 is 0 Å². The summed E-state index contributed by atoms with van der Waals surface area (Å²) < 4.78 is 11.1. The van der Waals surface area contributed by atoms with Crippen molar-refractivity contribution in [3.8, 4) is 22.9 Å². The van der Waals surface area contributed by atoms with E-state index in [1.807, 2.05) is 18.2 Å². The highest BCUT2D eigenvalue weighted by molar-refractivity contribution is 5.80. The molecule has 1 aromatic heterocycles. The van der Waals surface area contributed by atoms with Gasteiger partial charge in [0.15, 0.2) is 0 Å². The van der Waals surface area contributed by atoms with Gasteiger partial charge in [0.05, 0.1) is 19.3 Å². The van der Waals surface area contributed by atoms with Gasteiger partial charge in [-0.2, -0.15) is 0 Å². The lowest BCUT2D eigenvalue weighted by Gasteiger charge is -2.19. The van der Waals surface area contributed by atoms with Crippen LogP contribution in [-0.2, 0) is 11.2 Å². The lowest BCUT2D eigenvalue weighted by Crippen LogP contribution is -2.39. The Balaban J connectivity index is 1.21. The van der Waals surface area contributed by atoms with E-state index in [4.69, 9.17) is 9.47 Å². The molecule has 1 aromatic carbocycles. The van der Waals surface area contributed by atoms with Crippen LogP contribution in [0.4, 0.5) is 0 Å². The van der Waals surface area contributed by atoms with Gasteiger partial charge < -0.3 is 14.8 Å². The fraction of sp³-hybridized carbons (Fsp3) is 0.409. The van der Waals surface area contributed by atoms with Crippen LogP contribution in [-0.4, -0.2) is 35.9 Å². The number of carbonyl (C=O) groups excluding carboxylic acids is 1. The van der Waals surface area contributed by atoms with Crippen LogP contribution in [0.3, 0.4) is 0 Å². The van der Waals surface area contributed by atoms with Gasteiger partial charge in [-0.25, -0.2) is 0 Å². The van der Waals surface area contributed by atoms with Gasteiger partial charge in [0, 0.05) is 24.0 Å². The monoisotopic (exact) mass is 377 g/mol. The van der Waals surface area contributed by atoms with E-state index < -0.39 is 0 Å². The van der Waals surface area contributed by atoms with E-state index >= 15 is 0 Å². The summed E-state index contributed by atoms with van der Waals surface area (Å²) in [5.74, 6) is 2.72. The summed E-state index contributed by atoms with van der Waals surface area (Å²) in [4.78, 5) is 12.5. The number of benzene rings is 1. The standard InChI is InChI=1S/C22H23N3O3/c1-27-21-7-5-19(24-25-21)15-4-6-20-16(10-15)11-17(28-20)12-23-22(26)18-9-13-2-3-14(18)8-13/h2-7,10,13-14,17-18H,8-9,11-12H2,1H3,(H,23,26). The van der Waals surface area contributed by atoms with Gasteiger partial charge in [-0.1, -0.05) is 12.2 Å². The molecular formula is C22H23N3O3. The molecule has 28 heavy (non-hydrogen) atoms. The highest BCUT2D eigenvalue weighted by Gasteiger charge is 2.40. The van der Waals surface area contributed by atoms with Crippen molar-refractivity contribution in [1.29, 1.82) is 0 Å². The maximum Gasteiger partial charge on any atom is 0.233 e. The maximum atomic E-state index is 12.5. The van der Waals surface area contributed by atoms with Gasteiger partial charge in [0.1, 0.15) is 11.9 Å². The Bertz CT molecular complexity index is 925. The van der Waals surface area contributed by atoms with Gasteiger partial charge in [0.25, 0.3) is 0 Å². The average molecular weight is 377 g/mol. The highest BCUT2D eigenvalue weighted by atomic mass is 16.5. The molecule has 1 fully saturated rings. The molecule has 2 bridgehead atoms. The first-order valence-corrected chi connectivity index (χ1v) is 9.83. The normalized spacial score (nSPS) is 26.8. The Morgan fingerprint density at radius 1 is 1.21 bits per heavy atom. The summed E-state index contributed by atoms with van der Waals surface area (Å²) in [6.45, 7) is 0.544. The summed E-state index contributed by atoms with van der Waals surface area (Å²) in [6.07, 6.45) is 7.36. The van der Waals surface area contributed by atoms with E-state index in [2.05, 4.69) is 33.7 Å². The zero-order valence-corrected chi connectivity index (χ0v) is 15.8. The number of carbonyl (C=O) groups is 1. The molecule has 1 N–H and O–H groups in total. The number of allylic oxidation sites excluding steroid dienone is 2. The van der Waals surface area contributed by atoms with Crippen molar-refractivity contribution in [2.24, 2.45) is 17.8 Å². The highest BCUT2D eigenvalue weighted by Crippen LogP contribution is 2.43. The largest absolute Gasteiger partial charge is 0.488 e. The molecule has 0 saturated heterocycles. The van der Waals surface area contributed by atoms with E-state index in [1.54, 1.807) is 13.2 Å². The quantitative estimate of drug-likeness (QED) is 0.811. The van der Waals surface area contributed by atoms with E-state index in [0.717, 1.165) is 41.8 Å². The SMILES string of the molecule is COc1ccc(-c2ccc3c(c2)CC(CNC(=O)C2CC4C=CC2C4)O3)nn1. The molecule has 1 aliphatic heterocycles. The summed E-state index contributed by atoms with van der Waals surface area (Å²) in [5, 5.41) is 11.3. The zero-order chi connectivity index (χ0) is 19.1. The van der Waals surface area contributed by atoms with Gasteiger partial charge in [0.2, 0.25) is 11.8 Å². The van der Waals surface area contributed by atoms with Gasteiger partial charge in [-0.3, -0.25) is 4.79 Å². The Labute approximate surface area is 164 Å². The first kappa shape index (κ1) is 17.2. The van der Waals surface area contributed by atoms with E-state index in [1.165, 1.54) is 0 Å². The number of nitrogens with one attached hydrogen (secondary N) is 1. The molecule has 1 amide bonds. The molecule has 0 spiro atoms. The average Bonchev–Trinajstić information content (AvgIpc) is 3.46. The molecule has 4 atom stereocenters. The third-order valence-electron chi connectivity index (χ3n) is 6.07. The first-order chi connectivity index (χ1) is 13.7. The summed E-state index contributed by atoms with van der Waals surface area (Å²) in [5.41, 5.74) is 2.93. The molecular weight excluding hydrogens is 354 g/mol. The number of fused-ring (bicyclic) bond motifs is 3. The molecule has 2 aromatic rings. The van der Waals surface area contributed by atoms with Crippen molar-refractivity contribution in [3.63, 3.8) is 0 Å². The van der Waals surface area contributed by atoms with Crippen molar-refractivity contribution in [2.45, 2.75) is 25.4 Å². The smallest absolute Gasteiger partial charge is 0.233 e. The van der Waals surface area contributed by atoms with Crippen LogP contribution in [0.15, 0.2) is 42.5 Å². The van der Waals surface area contributed by atoms with Gasteiger partial charge in [-0.15, -0.1) is 10.2 Å². The van der Waals surface area contributed by atoms with E-state index in [9.17, 15) is 4.79 Å². The molecule has 6 heteroatoms. The molecule has 3 aliphatic rings. The lowest BCUT2D eigenvalue weighted by molar-refractivity contribution is -0.126. The molecule has 2 heterocycles. The lowest BCUT2D eigenvalue weighted by atomic mass is 9.93. The predicted octanol–water partition coefficient (Wildman–Crippen LogP) is 2.78. The van der Waals surface area contributed by atoms with E-state index in [-0.39, 0.29) is 17.9 Å². The van der Waals surface area contributed by atoms with Crippen LogP contribution in [0.1, 0.15) is 18.4 Å². The number of methoxy groups -OCH3 is 1. The molecule has 2 aliphatic carbocycles. The molecule has 1 saturated carbocycles. The predicted molar refractivity (Wildman–Crippen MR) is 104 cm³/mol. The number of rotatable bonds is 5. The number of hydrogen-bond acceptors (Lipinski definition) is 5. The van der Waals surface area contributed by atoms with Gasteiger partial charge in [-0.05, 0) is 54.5 Å². The number of aromatic nitrogens is 2. The van der Waals surface area contributed by atoms with Crippen molar-refractivity contribution < 1.29 is 14.3 Å². The summed E-state index contributed by atoms with van der Waals surface area (Å²) >= 11 is 0. The van der Waals surface area contributed by atoms with Crippen molar-refractivity contribution in [2.75, 3.05) is 13.7 Å². The molecule has 4 unspecified atom stereocenters. The summed E-state index contributed by atoms with van der Waals surface area (Å²) in [7, 11) is 1.57.